The van der Waals surface area contributed by atoms with Crippen molar-refractivity contribution in [3.8, 4) is 5.75 Å². The van der Waals surface area contributed by atoms with Crippen molar-refractivity contribution < 1.29 is 13.9 Å². The Morgan fingerprint density at radius 3 is 2.68 bits per heavy atom. The van der Waals surface area contributed by atoms with Crippen LogP contribution in [-0.2, 0) is 4.79 Å². The second-order valence-corrected chi connectivity index (χ2v) is 8.65. The number of hydrogen-bond acceptors (Lipinski definition) is 5. The van der Waals surface area contributed by atoms with Gasteiger partial charge >= 0.3 is 0 Å². The smallest absolute Gasteiger partial charge is 0.262 e. The van der Waals surface area contributed by atoms with Gasteiger partial charge < -0.3 is 19.9 Å². The number of benzene rings is 2. The molecule has 1 aliphatic heterocycles. The minimum atomic E-state index is -0.522. The van der Waals surface area contributed by atoms with Gasteiger partial charge in [0.25, 0.3) is 5.91 Å². The predicted molar refractivity (Wildman–Crippen MR) is 124 cm³/mol. The van der Waals surface area contributed by atoms with Gasteiger partial charge in [-0.15, -0.1) is 0 Å². The number of carbonyl (C=O) groups excluding carboxylic acids is 1. The minimum Gasteiger partial charge on any atom is -0.481 e. The van der Waals surface area contributed by atoms with Crippen LogP contribution in [-0.4, -0.2) is 55.6 Å². The van der Waals surface area contributed by atoms with Crippen LogP contribution in [0.5, 0.6) is 5.75 Å². The summed E-state index contributed by atoms with van der Waals surface area (Å²) in [7, 11) is 2.13. The largest absolute Gasteiger partial charge is 0.481 e. The average Bonchev–Trinajstić information content (AvgIpc) is 2.74. The number of anilines is 2. The molecule has 6 nitrogen and oxygen atoms in total. The van der Waals surface area contributed by atoms with Crippen LogP contribution in [0.1, 0.15) is 5.56 Å². The zero-order chi connectivity index (χ0) is 22.0. The maximum absolute atomic E-state index is 13.8. The van der Waals surface area contributed by atoms with Crippen molar-refractivity contribution in [3.63, 3.8) is 0 Å². The molecular formula is C23H24BrFN4O2. The molecule has 0 atom stereocenters. The van der Waals surface area contributed by atoms with Gasteiger partial charge in [0.05, 0.1) is 5.52 Å². The van der Waals surface area contributed by atoms with Gasteiger partial charge in [0, 0.05) is 41.7 Å². The summed E-state index contributed by atoms with van der Waals surface area (Å²) in [6, 6.07) is 12.2. The number of nitrogens with zero attached hydrogens (tertiary/aromatic N) is 3. The maximum atomic E-state index is 13.8. The number of nitrogens with one attached hydrogen (secondary N) is 1. The molecule has 0 radical (unpaired) electrons. The van der Waals surface area contributed by atoms with E-state index in [-0.39, 0.29) is 18.3 Å². The van der Waals surface area contributed by atoms with Crippen molar-refractivity contribution >= 4 is 44.2 Å². The number of carbonyl (C=O) groups is 1. The molecule has 1 fully saturated rings. The number of aromatic nitrogens is 1. The summed E-state index contributed by atoms with van der Waals surface area (Å²) in [5, 5.41) is 3.79. The third kappa shape index (κ3) is 5.14. The summed E-state index contributed by atoms with van der Waals surface area (Å²) in [6.45, 7) is 5.74. The van der Waals surface area contributed by atoms with E-state index < -0.39 is 5.82 Å². The first-order chi connectivity index (χ1) is 14.9. The summed E-state index contributed by atoms with van der Waals surface area (Å²) >= 11 is 3.19. The fourth-order valence-corrected chi connectivity index (χ4v) is 3.92. The molecule has 31 heavy (non-hydrogen) atoms. The van der Waals surface area contributed by atoms with Crippen LogP contribution in [0.3, 0.4) is 0 Å². The van der Waals surface area contributed by atoms with Gasteiger partial charge in [-0.05, 0) is 62.0 Å². The van der Waals surface area contributed by atoms with E-state index in [1.54, 1.807) is 6.07 Å². The van der Waals surface area contributed by atoms with Crippen LogP contribution < -0.4 is 15.0 Å². The molecule has 0 unspecified atom stereocenters. The number of pyridine rings is 1. The van der Waals surface area contributed by atoms with Crippen molar-refractivity contribution in [3.05, 3.63) is 58.3 Å². The number of hydrogen-bond donors (Lipinski definition) is 1. The number of ether oxygens (including phenoxy) is 1. The van der Waals surface area contributed by atoms with Crippen LogP contribution in [0.4, 0.5) is 15.9 Å². The van der Waals surface area contributed by atoms with Gasteiger partial charge in [-0.25, -0.2) is 9.37 Å². The zero-order valence-electron chi connectivity index (χ0n) is 17.5. The first-order valence-electron chi connectivity index (χ1n) is 10.1. The van der Waals surface area contributed by atoms with E-state index in [1.807, 2.05) is 18.2 Å². The summed E-state index contributed by atoms with van der Waals surface area (Å²) in [5.41, 5.74) is 2.64. The van der Waals surface area contributed by atoms with Gasteiger partial charge in [-0.2, -0.15) is 0 Å². The van der Waals surface area contributed by atoms with E-state index in [0.717, 1.165) is 48.5 Å². The highest BCUT2D eigenvalue weighted by atomic mass is 79.9. The minimum absolute atomic E-state index is 0.0355. The van der Waals surface area contributed by atoms with Gasteiger partial charge in [-0.3, -0.25) is 4.79 Å². The predicted octanol–water partition coefficient (Wildman–Crippen LogP) is 4.21. The second kappa shape index (κ2) is 9.20. The van der Waals surface area contributed by atoms with Crippen LogP contribution >= 0.6 is 15.9 Å². The van der Waals surface area contributed by atoms with Crippen molar-refractivity contribution in [2.45, 2.75) is 6.92 Å². The molecule has 0 saturated carbocycles. The fraction of sp³-hybridized carbons (Fsp3) is 0.304. The second-order valence-electron chi connectivity index (χ2n) is 7.73. The molecule has 1 N–H and O–H groups in total. The van der Waals surface area contributed by atoms with E-state index in [2.05, 4.69) is 51.1 Å². The molecule has 162 valence electrons. The van der Waals surface area contributed by atoms with E-state index in [0.29, 0.717) is 10.2 Å². The molecule has 0 bridgehead atoms. The van der Waals surface area contributed by atoms with Crippen LogP contribution in [0, 0.1) is 12.7 Å². The molecule has 4 rings (SSSR count). The number of halogens is 2. The monoisotopic (exact) mass is 486 g/mol. The Hall–Kier alpha value is -2.71. The lowest BCUT2D eigenvalue weighted by Crippen LogP contribution is -2.44. The Bertz CT molecular complexity index is 1120. The quantitative estimate of drug-likeness (QED) is 0.585. The number of piperazine rings is 1. The lowest BCUT2D eigenvalue weighted by molar-refractivity contribution is -0.118. The molecule has 1 amide bonds. The van der Waals surface area contributed by atoms with Gasteiger partial charge in [0.2, 0.25) is 0 Å². The molecule has 3 aromatic rings. The molecule has 1 saturated heterocycles. The third-order valence-corrected chi connectivity index (χ3v) is 5.86. The molecule has 1 aromatic heterocycles. The highest BCUT2D eigenvalue weighted by Gasteiger charge is 2.17. The van der Waals surface area contributed by atoms with Crippen molar-refractivity contribution in [2.24, 2.45) is 0 Å². The number of likely N-dealkylation sites (N-methyl/N-ethyl adjacent to an activating group) is 1. The van der Waals surface area contributed by atoms with E-state index in [9.17, 15) is 9.18 Å². The first kappa shape index (κ1) is 21.5. The van der Waals surface area contributed by atoms with Crippen molar-refractivity contribution in [1.82, 2.24) is 9.88 Å². The van der Waals surface area contributed by atoms with Crippen LogP contribution in [0.25, 0.3) is 10.9 Å². The summed E-state index contributed by atoms with van der Waals surface area (Å²) < 4.78 is 19.7. The van der Waals surface area contributed by atoms with Crippen LogP contribution in [0.2, 0.25) is 0 Å². The first-order valence-corrected chi connectivity index (χ1v) is 10.9. The lowest BCUT2D eigenvalue weighted by atomic mass is 10.1. The highest BCUT2D eigenvalue weighted by Crippen LogP contribution is 2.26. The SMILES string of the molecule is Cc1cc(N2CCN(C)CC2)nc2ccc(NC(=O)COc3ccc(Br)cc3F)cc12. The number of amides is 1. The molecule has 2 heterocycles. The highest BCUT2D eigenvalue weighted by molar-refractivity contribution is 9.10. The summed E-state index contributed by atoms with van der Waals surface area (Å²) in [6.07, 6.45) is 0. The van der Waals surface area contributed by atoms with Gasteiger partial charge in [0.1, 0.15) is 5.82 Å². The fourth-order valence-electron chi connectivity index (χ4n) is 3.58. The van der Waals surface area contributed by atoms with Crippen LogP contribution in [0.15, 0.2) is 46.9 Å². The Kier molecular flexibility index (Phi) is 6.38. The Morgan fingerprint density at radius 1 is 1.16 bits per heavy atom. The topological polar surface area (TPSA) is 57.7 Å². The van der Waals surface area contributed by atoms with Crippen molar-refractivity contribution in [2.75, 3.05) is 50.1 Å². The van der Waals surface area contributed by atoms with Crippen molar-refractivity contribution in [1.29, 1.82) is 0 Å². The zero-order valence-corrected chi connectivity index (χ0v) is 19.1. The average molecular weight is 487 g/mol. The van der Waals surface area contributed by atoms with E-state index in [4.69, 9.17) is 9.72 Å². The van der Waals surface area contributed by atoms with E-state index >= 15 is 0 Å². The van der Waals surface area contributed by atoms with Gasteiger partial charge in [0.15, 0.2) is 18.2 Å². The number of fused-ring (bicyclic) bond motifs is 1. The lowest BCUT2D eigenvalue weighted by Gasteiger charge is -2.33. The standard InChI is InChI=1S/C23H24BrFN4O2/c1-15-11-22(29-9-7-28(2)8-10-29)27-20-5-4-17(13-18(15)20)26-23(30)14-31-21-6-3-16(24)12-19(21)25/h3-6,11-13H,7-10,14H2,1-2H3,(H,26,30). The molecular weight excluding hydrogens is 463 g/mol. The summed E-state index contributed by atoms with van der Waals surface area (Å²) in [5.74, 6) is 0.139. The number of rotatable bonds is 5. The normalized spacial score (nSPS) is 14.6. The molecule has 1 aliphatic rings. The number of aryl methyl sites for hydroxylation is 1. The molecule has 2 aromatic carbocycles. The van der Waals surface area contributed by atoms with E-state index in [1.165, 1.54) is 12.1 Å². The maximum Gasteiger partial charge on any atom is 0.262 e. The Morgan fingerprint density at radius 2 is 1.94 bits per heavy atom. The summed E-state index contributed by atoms with van der Waals surface area (Å²) in [4.78, 5) is 21.7. The molecule has 0 spiro atoms. The Balaban J connectivity index is 1.44. The Labute approximate surface area is 189 Å². The molecule has 0 aliphatic carbocycles. The van der Waals surface area contributed by atoms with Gasteiger partial charge in [-0.1, -0.05) is 15.9 Å². The molecule has 8 heteroatoms. The third-order valence-electron chi connectivity index (χ3n) is 5.37.